The maximum Gasteiger partial charge on any atom is 0.227 e. The van der Waals surface area contributed by atoms with Gasteiger partial charge in [-0.15, -0.1) is 12.4 Å². The fraction of sp³-hybridized carbons (Fsp3) is 0.909. The second-order valence-electron chi connectivity index (χ2n) is 4.77. The third-order valence-electron chi connectivity index (χ3n) is 3.29. The molecule has 0 aromatic rings. The van der Waals surface area contributed by atoms with Crippen LogP contribution >= 0.6 is 12.4 Å². The molecule has 2 fully saturated rings. The summed E-state index contributed by atoms with van der Waals surface area (Å²) < 4.78 is 10.7. The number of hydrogen-bond donors (Lipinski definition) is 2. The maximum absolute atomic E-state index is 12.0. The number of hydrogen-bond acceptors (Lipinski definition) is 4. The first kappa shape index (κ1) is 14.7. The molecule has 0 aliphatic carbocycles. The lowest BCUT2D eigenvalue weighted by Crippen LogP contribution is -2.45. The van der Waals surface area contributed by atoms with Gasteiger partial charge in [0.1, 0.15) is 0 Å². The standard InChI is InChI=1S/C11H20N2O3.ClH/c1-11(2-3-12-8-11)10(14)13-6-9-7-15-4-5-16-9;/h9,12H,2-8H2,1H3,(H,13,14);1H. The van der Waals surface area contributed by atoms with E-state index in [2.05, 4.69) is 10.6 Å². The molecule has 2 rings (SSSR count). The van der Waals surface area contributed by atoms with Gasteiger partial charge in [-0.05, 0) is 19.9 Å². The van der Waals surface area contributed by atoms with Gasteiger partial charge >= 0.3 is 0 Å². The van der Waals surface area contributed by atoms with E-state index in [9.17, 15) is 4.79 Å². The lowest BCUT2D eigenvalue weighted by molar-refractivity contribution is -0.131. The van der Waals surface area contributed by atoms with E-state index >= 15 is 0 Å². The van der Waals surface area contributed by atoms with Gasteiger partial charge in [0, 0.05) is 13.1 Å². The highest BCUT2D eigenvalue weighted by atomic mass is 35.5. The van der Waals surface area contributed by atoms with Crippen molar-refractivity contribution in [3.63, 3.8) is 0 Å². The van der Waals surface area contributed by atoms with Gasteiger partial charge in [0.25, 0.3) is 0 Å². The minimum absolute atomic E-state index is 0. The van der Waals surface area contributed by atoms with Crippen LogP contribution in [0.15, 0.2) is 0 Å². The van der Waals surface area contributed by atoms with Crippen LogP contribution in [0, 0.1) is 5.41 Å². The summed E-state index contributed by atoms with van der Waals surface area (Å²) in [5, 5.41) is 6.17. The van der Waals surface area contributed by atoms with E-state index in [1.165, 1.54) is 0 Å². The van der Waals surface area contributed by atoms with Crippen LogP contribution in [0.25, 0.3) is 0 Å². The molecule has 0 aromatic heterocycles. The summed E-state index contributed by atoms with van der Waals surface area (Å²) in [5.41, 5.74) is -0.254. The quantitative estimate of drug-likeness (QED) is 0.750. The van der Waals surface area contributed by atoms with Gasteiger partial charge in [-0.25, -0.2) is 0 Å². The third kappa shape index (κ3) is 3.81. The van der Waals surface area contributed by atoms with Crippen molar-refractivity contribution in [2.45, 2.75) is 19.4 Å². The number of amides is 1. The highest BCUT2D eigenvalue weighted by Gasteiger charge is 2.36. The number of nitrogens with one attached hydrogen (secondary N) is 2. The number of halogens is 1. The molecule has 17 heavy (non-hydrogen) atoms. The van der Waals surface area contributed by atoms with Gasteiger partial charge in [-0.3, -0.25) is 4.79 Å². The van der Waals surface area contributed by atoms with Crippen molar-refractivity contribution < 1.29 is 14.3 Å². The van der Waals surface area contributed by atoms with Crippen LogP contribution < -0.4 is 10.6 Å². The van der Waals surface area contributed by atoms with Crippen molar-refractivity contribution in [1.82, 2.24) is 10.6 Å². The number of ether oxygens (including phenoxy) is 2. The van der Waals surface area contributed by atoms with Crippen LogP contribution in [0.5, 0.6) is 0 Å². The van der Waals surface area contributed by atoms with Gasteiger partial charge < -0.3 is 20.1 Å². The summed E-state index contributed by atoms with van der Waals surface area (Å²) >= 11 is 0. The Morgan fingerprint density at radius 2 is 2.35 bits per heavy atom. The van der Waals surface area contributed by atoms with Crippen molar-refractivity contribution in [3.05, 3.63) is 0 Å². The lowest BCUT2D eigenvalue weighted by atomic mass is 9.89. The second-order valence-corrected chi connectivity index (χ2v) is 4.77. The van der Waals surface area contributed by atoms with E-state index in [1.807, 2.05) is 6.92 Å². The topological polar surface area (TPSA) is 59.6 Å². The first-order chi connectivity index (χ1) is 7.71. The Hall–Kier alpha value is -0.360. The molecule has 5 nitrogen and oxygen atoms in total. The minimum atomic E-state index is -0.254. The summed E-state index contributed by atoms with van der Waals surface area (Å²) in [6.07, 6.45) is 0.914. The Kier molecular flexibility index (Phi) is 5.66. The predicted octanol–water partition coefficient (Wildman–Crippen LogP) is -0.0606. The van der Waals surface area contributed by atoms with Crippen LogP contribution in [-0.4, -0.2) is 51.5 Å². The molecule has 0 aromatic carbocycles. The average molecular weight is 265 g/mol. The fourth-order valence-corrected chi connectivity index (χ4v) is 2.09. The number of carbonyl (C=O) groups is 1. The van der Waals surface area contributed by atoms with Gasteiger partial charge in [0.15, 0.2) is 0 Å². The van der Waals surface area contributed by atoms with Crippen LogP contribution in [0.2, 0.25) is 0 Å². The molecule has 2 atom stereocenters. The summed E-state index contributed by atoms with van der Waals surface area (Å²) in [6, 6.07) is 0. The molecule has 2 N–H and O–H groups in total. The second kappa shape index (κ2) is 6.54. The summed E-state index contributed by atoms with van der Waals surface area (Å²) in [5.74, 6) is 0.117. The van der Waals surface area contributed by atoms with Crippen LogP contribution in [0.3, 0.4) is 0 Å². The SMILES string of the molecule is CC1(C(=O)NCC2COCCO2)CCNC1.Cl. The van der Waals surface area contributed by atoms with E-state index in [1.54, 1.807) is 0 Å². The van der Waals surface area contributed by atoms with E-state index in [-0.39, 0.29) is 29.8 Å². The first-order valence-corrected chi connectivity index (χ1v) is 5.89. The lowest BCUT2D eigenvalue weighted by Gasteiger charge is -2.26. The van der Waals surface area contributed by atoms with Crippen molar-refractivity contribution in [3.8, 4) is 0 Å². The molecule has 2 heterocycles. The molecule has 0 radical (unpaired) electrons. The number of rotatable bonds is 3. The zero-order valence-corrected chi connectivity index (χ0v) is 11.0. The Morgan fingerprint density at radius 3 is 2.94 bits per heavy atom. The summed E-state index contributed by atoms with van der Waals surface area (Å²) in [7, 11) is 0. The van der Waals surface area contributed by atoms with Gasteiger partial charge in [0.05, 0.1) is 31.3 Å². The maximum atomic E-state index is 12.0. The smallest absolute Gasteiger partial charge is 0.227 e. The predicted molar refractivity (Wildman–Crippen MR) is 66.4 cm³/mol. The van der Waals surface area contributed by atoms with Crippen LogP contribution in [0.1, 0.15) is 13.3 Å². The van der Waals surface area contributed by atoms with Crippen molar-refractivity contribution in [1.29, 1.82) is 0 Å². The molecule has 2 aliphatic heterocycles. The van der Waals surface area contributed by atoms with E-state index in [4.69, 9.17) is 9.47 Å². The number of carbonyl (C=O) groups excluding carboxylic acids is 1. The fourth-order valence-electron chi connectivity index (χ4n) is 2.09. The normalized spacial score (nSPS) is 32.9. The average Bonchev–Trinajstić information content (AvgIpc) is 2.76. The molecule has 0 bridgehead atoms. The largest absolute Gasteiger partial charge is 0.376 e. The molecule has 2 saturated heterocycles. The molecule has 1 amide bonds. The van der Waals surface area contributed by atoms with E-state index in [0.29, 0.717) is 26.4 Å². The molecule has 0 spiro atoms. The zero-order valence-electron chi connectivity index (χ0n) is 10.2. The Balaban J connectivity index is 0.00000144. The Labute approximate surface area is 108 Å². The molecule has 100 valence electrons. The highest BCUT2D eigenvalue weighted by molar-refractivity contribution is 5.85. The van der Waals surface area contributed by atoms with Crippen LogP contribution in [-0.2, 0) is 14.3 Å². The molecular weight excluding hydrogens is 244 g/mol. The summed E-state index contributed by atoms with van der Waals surface area (Å²) in [6.45, 7) is 6.10. The van der Waals surface area contributed by atoms with Crippen molar-refractivity contribution in [2.24, 2.45) is 5.41 Å². The first-order valence-electron chi connectivity index (χ1n) is 5.89. The van der Waals surface area contributed by atoms with Crippen molar-refractivity contribution >= 4 is 18.3 Å². The van der Waals surface area contributed by atoms with E-state index in [0.717, 1.165) is 19.5 Å². The van der Waals surface area contributed by atoms with E-state index < -0.39 is 0 Å². The monoisotopic (exact) mass is 264 g/mol. The third-order valence-corrected chi connectivity index (χ3v) is 3.29. The molecule has 0 saturated carbocycles. The summed E-state index contributed by atoms with van der Waals surface area (Å²) in [4.78, 5) is 12.0. The molecule has 2 aliphatic rings. The highest BCUT2D eigenvalue weighted by Crippen LogP contribution is 2.24. The molecule has 2 unspecified atom stereocenters. The minimum Gasteiger partial charge on any atom is -0.376 e. The van der Waals surface area contributed by atoms with Gasteiger partial charge in [-0.2, -0.15) is 0 Å². The Bertz CT molecular complexity index is 251. The molecular formula is C11H21ClN2O3. The zero-order chi connectivity index (χ0) is 11.4. The Morgan fingerprint density at radius 1 is 1.53 bits per heavy atom. The van der Waals surface area contributed by atoms with Crippen molar-refractivity contribution in [2.75, 3.05) is 39.5 Å². The van der Waals surface area contributed by atoms with Gasteiger partial charge in [-0.1, -0.05) is 0 Å². The van der Waals surface area contributed by atoms with Crippen LogP contribution in [0.4, 0.5) is 0 Å². The van der Waals surface area contributed by atoms with Gasteiger partial charge in [0.2, 0.25) is 5.91 Å². The molecule has 6 heteroatoms.